The highest BCUT2D eigenvalue weighted by atomic mass is 16.5. The van der Waals surface area contributed by atoms with E-state index < -0.39 is 0 Å². The molecule has 160 valence electrons. The van der Waals surface area contributed by atoms with E-state index in [-0.39, 0.29) is 5.91 Å². The maximum atomic E-state index is 12.9. The molecule has 2 aromatic carbocycles. The Hall–Kier alpha value is -3.35. The van der Waals surface area contributed by atoms with E-state index in [9.17, 15) is 4.79 Å². The zero-order chi connectivity index (χ0) is 21.4. The maximum absolute atomic E-state index is 12.9. The molecule has 1 fully saturated rings. The molecule has 0 N–H and O–H groups in total. The Morgan fingerprint density at radius 3 is 2.48 bits per heavy atom. The minimum atomic E-state index is 0.147. The Kier molecular flexibility index (Phi) is 5.10. The van der Waals surface area contributed by atoms with Gasteiger partial charge in [0.2, 0.25) is 0 Å². The normalized spacial score (nSPS) is 15.8. The molecule has 3 aromatic rings. The van der Waals surface area contributed by atoms with Gasteiger partial charge in [-0.3, -0.25) is 4.79 Å². The van der Waals surface area contributed by atoms with Gasteiger partial charge in [0.05, 0.1) is 31.6 Å². The molecule has 7 nitrogen and oxygen atoms in total. The fourth-order valence-corrected chi connectivity index (χ4v) is 4.65. The van der Waals surface area contributed by atoms with Gasteiger partial charge in [-0.2, -0.15) is 10.2 Å². The summed E-state index contributed by atoms with van der Waals surface area (Å²) < 4.78 is 10.9. The average Bonchev–Trinajstić information content (AvgIpc) is 3.25. The topological polar surface area (TPSA) is 67.8 Å². The van der Waals surface area contributed by atoms with Crippen molar-refractivity contribution >= 4 is 28.2 Å². The Morgan fingerprint density at radius 1 is 0.935 bits per heavy atom. The van der Waals surface area contributed by atoms with Crippen LogP contribution in [0, 0.1) is 0 Å². The number of amides is 1. The predicted octanol–water partition coefficient (Wildman–Crippen LogP) is 3.97. The molecule has 0 unspecified atom stereocenters. The third-order valence-electron chi connectivity index (χ3n) is 6.28. The van der Waals surface area contributed by atoms with Crippen molar-refractivity contribution in [3.63, 3.8) is 0 Å². The second kappa shape index (κ2) is 8.06. The van der Waals surface area contributed by atoms with Gasteiger partial charge in [-0.1, -0.05) is 0 Å². The van der Waals surface area contributed by atoms with Crippen molar-refractivity contribution in [3.05, 3.63) is 47.7 Å². The standard InChI is InChI=1S/C24H26N4O3/c1-30-22-13-18-19(14-23(22)31-2)26-25-15-21(18)28-11-8-16-12-17(6-7-20(16)28)24(29)27-9-4-3-5-10-27/h6-7,12-15H,3-5,8-11H2,1-2H3. The third-order valence-corrected chi connectivity index (χ3v) is 6.28. The van der Waals surface area contributed by atoms with Gasteiger partial charge in [0, 0.05) is 42.3 Å². The van der Waals surface area contributed by atoms with Crippen molar-refractivity contribution in [3.8, 4) is 11.5 Å². The van der Waals surface area contributed by atoms with Crippen LogP contribution in [0.1, 0.15) is 35.2 Å². The summed E-state index contributed by atoms with van der Waals surface area (Å²) in [6.45, 7) is 2.55. The van der Waals surface area contributed by atoms with Gasteiger partial charge in [0.25, 0.3) is 5.91 Å². The first-order valence-electron chi connectivity index (χ1n) is 10.8. The number of hydrogen-bond donors (Lipinski definition) is 0. The lowest BCUT2D eigenvalue weighted by molar-refractivity contribution is 0.0724. The van der Waals surface area contributed by atoms with E-state index in [1.54, 1.807) is 20.4 Å². The number of piperidine rings is 1. The van der Waals surface area contributed by atoms with Gasteiger partial charge in [-0.05, 0) is 55.5 Å². The Bertz CT molecular complexity index is 1140. The SMILES string of the molecule is COc1cc2nncc(N3CCc4cc(C(=O)N5CCCCC5)ccc43)c2cc1OC. The number of carbonyl (C=O) groups excluding carboxylic acids is 1. The number of likely N-dealkylation sites (tertiary alicyclic amines) is 1. The first-order chi connectivity index (χ1) is 15.2. The van der Waals surface area contributed by atoms with Crippen LogP contribution in [0.5, 0.6) is 11.5 Å². The summed E-state index contributed by atoms with van der Waals surface area (Å²) in [4.78, 5) is 17.2. The largest absolute Gasteiger partial charge is 0.493 e. The summed E-state index contributed by atoms with van der Waals surface area (Å²) in [5.74, 6) is 1.43. The molecule has 2 aliphatic heterocycles. The summed E-state index contributed by atoms with van der Waals surface area (Å²) >= 11 is 0. The number of anilines is 2. The highest BCUT2D eigenvalue weighted by molar-refractivity contribution is 5.98. The lowest BCUT2D eigenvalue weighted by Crippen LogP contribution is -2.35. The molecule has 0 atom stereocenters. The number of rotatable bonds is 4. The molecule has 2 aliphatic rings. The van der Waals surface area contributed by atoms with Crippen LogP contribution in [0.25, 0.3) is 10.9 Å². The monoisotopic (exact) mass is 418 g/mol. The van der Waals surface area contributed by atoms with Crippen LogP contribution < -0.4 is 14.4 Å². The molecule has 7 heteroatoms. The maximum Gasteiger partial charge on any atom is 0.253 e. The predicted molar refractivity (Wildman–Crippen MR) is 120 cm³/mol. The lowest BCUT2D eigenvalue weighted by Gasteiger charge is -2.27. The Morgan fingerprint density at radius 2 is 1.71 bits per heavy atom. The van der Waals surface area contributed by atoms with Crippen molar-refractivity contribution in [2.45, 2.75) is 25.7 Å². The van der Waals surface area contributed by atoms with Crippen molar-refractivity contribution < 1.29 is 14.3 Å². The molecule has 0 spiro atoms. The molecular weight excluding hydrogens is 392 g/mol. The second-order valence-electron chi connectivity index (χ2n) is 8.05. The molecule has 0 saturated carbocycles. The third kappa shape index (κ3) is 3.44. The molecule has 0 bridgehead atoms. The van der Waals surface area contributed by atoms with Crippen molar-refractivity contribution in [1.29, 1.82) is 0 Å². The minimum Gasteiger partial charge on any atom is -0.493 e. The summed E-state index contributed by atoms with van der Waals surface area (Å²) in [5.41, 5.74) is 4.81. The van der Waals surface area contributed by atoms with Gasteiger partial charge in [0.1, 0.15) is 0 Å². The number of methoxy groups -OCH3 is 2. The Balaban J connectivity index is 1.50. The summed E-state index contributed by atoms with van der Waals surface area (Å²) in [6.07, 6.45) is 6.08. The summed E-state index contributed by atoms with van der Waals surface area (Å²) in [5, 5.41) is 9.45. The van der Waals surface area contributed by atoms with Gasteiger partial charge in [0.15, 0.2) is 11.5 Å². The lowest BCUT2D eigenvalue weighted by atomic mass is 10.1. The van der Waals surface area contributed by atoms with Gasteiger partial charge >= 0.3 is 0 Å². The van der Waals surface area contributed by atoms with Crippen LogP contribution in [0.15, 0.2) is 36.5 Å². The van der Waals surface area contributed by atoms with Crippen LogP contribution in [-0.2, 0) is 6.42 Å². The highest BCUT2D eigenvalue weighted by Crippen LogP contribution is 2.40. The van der Waals surface area contributed by atoms with Crippen molar-refractivity contribution in [2.24, 2.45) is 0 Å². The summed E-state index contributed by atoms with van der Waals surface area (Å²) in [7, 11) is 3.24. The van der Waals surface area contributed by atoms with Crippen LogP contribution in [0.3, 0.4) is 0 Å². The molecule has 3 heterocycles. The van der Waals surface area contributed by atoms with E-state index in [0.717, 1.165) is 66.7 Å². The number of nitrogens with zero attached hydrogens (tertiary/aromatic N) is 4. The molecule has 31 heavy (non-hydrogen) atoms. The fourth-order valence-electron chi connectivity index (χ4n) is 4.65. The fraction of sp³-hybridized carbons (Fsp3) is 0.375. The highest BCUT2D eigenvalue weighted by Gasteiger charge is 2.26. The minimum absolute atomic E-state index is 0.147. The zero-order valence-corrected chi connectivity index (χ0v) is 17.9. The molecule has 5 rings (SSSR count). The average molecular weight is 418 g/mol. The molecule has 1 aromatic heterocycles. The van der Waals surface area contributed by atoms with E-state index in [1.807, 2.05) is 23.1 Å². The number of hydrogen-bond acceptors (Lipinski definition) is 6. The molecule has 0 aliphatic carbocycles. The number of aromatic nitrogens is 2. The smallest absolute Gasteiger partial charge is 0.253 e. The second-order valence-corrected chi connectivity index (χ2v) is 8.05. The van der Waals surface area contributed by atoms with E-state index >= 15 is 0 Å². The number of ether oxygens (including phenoxy) is 2. The first kappa shape index (κ1) is 19.6. The van der Waals surface area contributed by atoms with Crippen LogP contribution in [0.4, 0.5) is 11.4 Å². The number of carbonyl (C=O) groups is 1. The number of benzene rings is 2. The number of fused-ring (bicyclic) bond motifs is 2. The molecule has 1 saturated heterocycles. The Labute approximate surface area is 181 Å². The first-order valence-corrected chi connectivity index (χ1v) is 10.8. The van der Waals surface area contributed by atoms with Gasteiger partial charge in [-0.25, -0.2) is 0 Å². The summed E-state index contributed by atoms with van der Waals surface area (Å²) in [6, 6.07) is 9.88. The van der Waals surface area contributed by atoms with E-state index in [2.05, 4.69) is 27.2 Å². The zero-order valence-electron chi connectivity index (χ0n) is 17.9. The van der Waals surface area contributed by atoms with E-state index in [4.69, 9.17) is 9.47 Å². The van der Waals surface area contributed by atoms with Crippen LogP contribution in [0.2, 0.25) is 0 Å². The van der Waals surface area contributed by atoms with Crippen LogP contribution in [-0.4, -0.2) is 54.9 Å². The molecule has 0 radical (unpaired) electrons. The van der Waals surface area contributed by atoms with Gasteiger partial charge in [-0.15, -0.1) is 0 Å². The molecule has 1 amide bonds. The van der Waals surface area contributed by atoms with Crippen LogP contribution >= 0.6 is 0 Å². The van der Waals surface area contributed by atoms with E-state index in [0.29, 0.717) is 11.5 Å². The van der Waals surface area contributed by atoms with E-state index in [1.165, 1.54) is 12.0 Å². The quantitative estimate of drug-likeness (QED) is 0.639. The van der Waals surface area contributed by atoms with Crippen molar-refractivity contribution in [1.82, 2.24) is 15.1 Å². The van der Waals surface area contributed by atoms with Gasteiger partial charge < -0.3 is 19.3 Å². The van der Waals surface area contributed by atoms with Crippen molar-refractivity contribution in [2.75, 3.05) is 38.8 Å². The molecular formula is C24H26N4O3.